The summed E-state index contributed by atoms with van der Waals surface area (Å²) in [7, 11) is 1.72. The average Bonchev–Trinajstić information content (AvgIpc) is 3.05. The molecule has 0 bridgehead atoms. The quantitative estimate of drug-likeness (QED) is 0.706. The van der Waals surface area contributed by atoms with E-state index in [9.17, 15) is 0 Å². The first-order valence-electron chi connectivity index (χ1n) is 6.56. The van der Waals surface area contributed by atoms with Crippen molar-refractivity contribution in [3.63, 3.8) is 0 Å². The molecular formula is C13H23N3O. The zero-order valence-electron chi connectivity index (χ0n) is 10.9. The number of hydrogen-bond donors (Lipinski definition) is 1. The molecule has 1 saturated carbocycles. The summed E-state index contributed by atoms with van der Waals surface area (Å²) in [5.74, 6) is 2.00. The molecule has 4 heteroatoms. The van der Waals surface area contributed by atoms with Crippen molar-refractivity contribution >= 4 is 5.95 Å². The van der Waals surface area contributed by atoms with Crippen LogP contribution in [0.4, 0.5) is 5.95 Å². The van der Waals surface area contributed by atoms with Gasteiger partial charge >= 0.3 is 0 Å². The molecule has 1 heterocycles. The minimum absolute atomic E-state index is 0.716. The summed E-state index contributed by atoms with van der Waals surface area (Å²) in [6, 6.07) is 0. The van der Waals surface area contributed by atoms with Crippen molar-refractivity contribution in [3.8, 4) is 0 Å². The van der Waals surface area contributed by atoms with Crippen molar-refractivity contribution in [1.82, 2.24) is 9.55 Å². The molecule has 0 saturated heterocycles. The standard InChI is InChI=1S/C13H23N3O/c1-11-10-16(8-3-4-12-5-6-12)13(15-11)14-7-9-17-2/h10,12H,3-9H2,1-2H3,(H,14,15). The van der Waals surface area contributed by atoms with Gasteiger partial charge in [0, 0.05) is 26.4 Å². The van der Waals surface area contributed by atoms with E-state index in [1.165, 1.54) is 25.7 Å². The zero-order chi connectivity index (χ0) is 12.1. The Kier molecular flexibility index (Phi) is 4.42. The molecule has 0 spiro atoms. The maximum atomic E-state index is 5.03. The number of aryl methyl sites for hydroxylation is 2. The molecule has 0 amide bonds. The van der Waals surface area contributed by atoms with Gasteiger partial charge in [-0.1, -0.05) is 12.8 Å². The summed E-state index contributed by atoms with van der Waals surface area (Å²) in [5, 5.41) is 3.32. The molecule has 4 nitrogen and oxygen atoms in total. The van der Waals surface area contributed by atoms with Crippen LogP contribution in [0.3, 0.4) is 0 Å². The van der Waals surface area contributed by atoms with Gasteiger partial charge in [0.15, 0.2) is 0 Å². The largest absolute Gasteiger partial charge is 0.383 e. The first-order valence-corrected chi connectivity index (χ1v) is 6.56. The molecule has 0 radical (unpaired) electrons. The van der Waals surface area contributed by atoms with Crippen molar-refractivity contribution in [2.24, 2.45) is 5.92 Å². The molecule has 1 aromatic rings. The lowest BCUT2D eigenvalue weighted by Gasteiger charge is -2.09. The normalized spacial score (nSPS) is 15.2. The molecule has 17 heavy (non-hydrogen) atoms. The summed E-state index contributed by atoms with van der Waals surface area (Å²) in [4.78, 5) is 4.49. The second kappa shape index (κ2) is 6.05. The lowest BCUT2D eigenvalue weighted by Crippen LogP contribution is -2.12. The molecular weight excluding hydrogens is 214 g/mol. The van der Waals surface area contributed by atoms with Gasteiger partial charge in [0.2, 0.25) is 5.95 Å². The molecule has 1 aliphatic rings. The van der Waals surface area contributed by atoms with Gasteiger partial charge in [0.1, 0.15) is 0 Å². The second-order valence-corrected chi connectivity index (χ2v) is 4.90. The van der Waals surface area contributed by atoms with Crippen molar-refractivity contribution < 1.29 is 4.74 Å². The molecule has 1 aromatic heterocycles. The zero-order valence-corrected chi connectivity index (χ0v) is 10.9. The van der Waals surface area contributed by atoms with Crippen LogP contribution in [0.2, 0.25) is 0 Å². The Balaban J connectivity index is 1.80. The number of imidazole rings is 1. The SMILES string of the molecule is COCCNc1nc(C)cn1CCCC1CC1. The van der Waals surface area contributed by atoms with Gasteiger partial charge in [-0.25, -0.2) is 4.98 Å². The fraction of sp³-hybridized carbons (Fsp3) is 0.769. The number of methoxy groups -OCH3 is 1. The first kappa shape index (κ1) is 12.4. The molecule has 1 aliphatic carbocycles. The number of nitrogens with zero attached hydrogens (tertiary/aromatic N) is 2. The monoisotopic (exact) mass is 237 g/mol. The number of ether oxygens (including phenoxy) is 1. The fourth-order valence-corrected chi connectivity index (χ4v) is 2.08. The Bertz CT molecular complexity index is 344. The van der Waals surface area contributed by atoms with E-state index in [2.05, 4.69) is 21.1 Å². The van der Waals surface area contributed by atoms with E-state index in [4.69, 9.17) is 4.74 Å². The maximum Gasteiger partial charge on any atom is 0.203 e. The van der Waals surface area contributed by atoms with Crippen LogP contribution in [0.25, 0.3) is 0 Å². The van der Waals surface area contributed by atoms with Crippen molar-refractivity contribution in [1.29, 1.82) is 0 Å². The van der Waals surface area contributed by atoms with Crippen LogP contribution in [-0.4, -0.2) is 29.8 Å². The summed E-state index contributed by atoms with van der Waals surface area (Å²) >= 11 is 0. The fourth-order valence-electron chi connectivity index (χ4n) is 2.08. The Morgan fingerprint density at radius 3 is 3.06 bits per heavy atom. The van der Waals surface area contributed by atoms with Crippen LogP contribution in [0.1, 0.15) is 31.4 Å². The summed E-state index contributed by atoms with van der Waals surface area (Å²) in [6.45, 7) is 4.65. The van der Waals surface area contributed by atoms with E-state index < -0.39 is 0 Å². The number of rotatable bonds is 8. The first-order chi connectivity index (χ1) is 8.29. The van der Waals surface area contributed by atoms with Gasteiger partial charge < -0.3 is 14.6 Å². The predicted molar refractivity (Wildman–Crippen MR) is 69.3 cm³/mol. The van der Waals surface area contributed by atoms with Crippen LogP contribution in [0, 0.1) is 12.8 Å². The average molecular weight is 237 g/mol. The van der Waals surface area contributed by atoms with Crippen LogP contribution < -0.4 is 5.32 Å². The van der Waals surface area contributed by atoms with Crippen LogP contribution in [0.5, 0.6) is 0 Å². The highest BCUT2D eigenvalue weighted by atomic mass is 16.5. The van der Waals surface area contributed by atoms with E-state index in [0.29, 0.717) is 6.61 Å². The highest BCUT2D eigenvalue weighted by molar-refractivity contribution is 5.28. The summed E-state index contributed by atoms with van der Waals surface area (Å²) in [5.41, 5.74) is 1.08. The topological polar surface area (TPSA) is 39.1 Å². The highest BCUT2D eigenvalue weighted by Crippen LogP contribution is 2.33. The smallest absolute Gasteiger partial charge is 0.203 e. The minimum Gasteiger partial charge on any atom is -0.383 e. The number of anilines is 1. The van der Waals surface area contributed by atoms with Crippen LogP contribution >= 0.6 is 0 Å². The lowest BCUT2D eigenvalue weighted by atomic mass is 10.2. The van der Waals surface area contributed by atoms with E-state index >= 15 is 0 Å². The third-order valence-corrected chi connectivity index (χ3v) is 3.19. The van der Waals surface area contributed by atoms with Crippen molar-refractivity contribution in [3.05, 3.63) is 11.9 Å². The summed E-state index contributed by atoms with van der Waals surface area (Å²) < 4.78 is 7.26. The highest BCUT2D eigenvalue weighted by Gasteiger charge is 2.20. The van der Waals surface area contributed by atoms with Gasteiger partial charge in [0.25, 0.3) is 0 Å². The molecule has 0 unspecified atom stereocenters. The Hall–Kier alpha value is -1.03. The maximum absolute atomic E-state index is 5.03. The predicted octanol–water partition coefficient (Wildman–Crippen LogP) is 2.44. The molecule has 2 rings (SSSR count). The Morgan fingerprint density at radius 1 is 1.53 bits per heavy atom. The van der Waals surface area contributed by atoms with Gasteiger partial charge in [-0.15, -0.1) is 0 Å². The van der Waals surface area contributed by atoms with Crippen molar-refractivity contribution in [2.75, 3.05) is 25.6 Å². The van der Waals surface area contributed by atoms with Crippen molar-refractivity contribution in [2.45, 2.75) is 39.2 Å². The molecule has 0 aromatic carbocycles. The van der Waals surface area contributed by atoms with E-state index in [-0.39, 0.29) is 0 Å². The van der Waals surface area contributed by atoms with Gasteiger partial charge in [-0.3, -0.25) is 0 Å². The Labute approximate surface area is 103 Å². The Morgan fingerprint density at radius 2 is 2.35 bits per heavy atom. The third-order valence-electron chi connectivity index (χ3n) is 3.19. The molecule has 1 N–H and O–H groups in total. The van der Waals surface area contributed by atoms with E-state index in [0.717, 1.165) is 30.6 Å². The molecule has 96 valence electrons. The molecule has 1 fully saturated rings. The molecule has 0 atom stereocenters. The number of aromatic nitrogens is 2. The van der Waals surface area contributed by atoms with Crippen LogP contribution in [0.15, 0.2) is 6.20 Å². The number of hydrogen-bond acceptors (Lipinski definition) is 3. The number of nitrogens with one attached hydrogen (secondary N) is 1. The van der Waals surface area contributed by atoms with Crippen LogP contribution in [-0.2, 0) is 11.3 Å². The van der Waals surface area contributed by atoms with Gasteiger partial charge in [0.05, 0.1) is 12.3 Å². The second-order valence-electron chi connectivity index (χ2n) is 4.90. The minimum atomic E-state index is 0.716. The van der Waals surface area contributed by atoms with E-state index in [1.807, 2.05) is 6.92 Å². The summed E-state index contributed by atoms with van der Waals surface area (Å²) in [6.07, 6.45) is 7.65. The molecule has 0 aliphatic heterocycles. The third kappa shape index (κ3) is 4.04. The van der Waals surface area contributed by atoms with Gasteiger partial charge in [-0.05, 0) is 25.7 Å². The van der Waals surface area contributed by atoms with Gasteiger partial charge in [-0.2, -0.15) is 0 Å². The lowest BCUT2D eigenvalue weighted by molar-refractivity contribution is 0.210. The van der Waals surface area contributed by atoms with E-state index in [1.54, 1.807) is 7.11 Å².